The maximum atomic E-state index is 4.58. The second-order valence-corrected chi connectivity index (χ2v) is 8.05. The molecule has 1 N–H and O–H groups in total. The highest BCUT2D eigenvalue weighted by molar-refractivity contribution is 7.16. The van der Waals surface area contributed by atoms with Crippen LogP contribution in [0.1, 0.15) is 16.9 Å². The molecule has 4 aromatic rings. The monoisotopic (exact) mass is 371 g/mol. The molecule has 4 heteroatoms. The number of hydrogen-bond donors (Lipinski definition) is 1. The Morgan fingerprint density at radius 2 is 1.89 bits per heavy atom. The number of fused-ring (bicyclic) bond motifs is 1. The van der Waals surface area contributed by atoms with Gasteiger partial charge in [-0.1, -0.05) is 36.4 Å². The van der Waals surface area contributed by atoms with E-state index in [1.807, 2.05) is 23.7 Å². The highest BCUT2D eigenvalue weighted by Gasteiger charge is 2.18. The van der Waals surface area contributed by atoms with Crippen molar-refractivity contribution < 1.29 is 0 Å². The van der Waals surface area contributed by atoms with E-state index in [9.17, 15) is 0 Å². The number of anilines is 1. The van der Waals surface area contributed by atoms with E-state index in [1.54, 1.807) is 0 Å². The fourth-order valence-electron chi connectivity index (χ4n) is 3.83. The number of nitrogens with one attached hydrogen (secondary N) is 1. The Morgan fingerprint density at radius 3 is 2.70 bits per heavy atom. The molecule has 3 nitrogen and oxygen atoms in total. The largest absolute Gasteiger partial charge is 0.366 e. The van der Waals surface area contributed by atoms with Crippen molar-refractivity contribution in [1.82, 2.24) is 9.97 Å². The van der Waals surface area contributed by atoms with Crippen LogP contribution in [0.4, 0.5) is 5.69 Å². The van der Waals surface area contributed by atoms with Crippen LogP contribution >= 0.6 is 11.3 Å². The van der Waals surface area contributed by atoms with Crippen molar-refractivity contribution in [2.24, 2.45) is 0 Å². The third kappa shape index (κ3) is 2.96. The van der Waals surface area contributed by atoms with E-state index in [1.165, 1.54) is 37.5 Å². The summed E-state index contributed by atoms with van der Waals surface area (Å²) < 4.78 is 0. The second-order valence-electron chi connectivity index (χ2n) is 6.96. The summed E-state index contributed by atoms with van der Waals surface area (Å²) in [7, 11) is 0. The fourth-order valence-corrected chi connectivity index (χ4v) is 4.91. The first kappa shape index (κ1) is 16.3. The number of aromatic nitrogens is 2. The SMILES string of the molecule is Cc1c(N2CC=C(c3ccc(-c4ccccc4)s3)CC2)cnc2[nH]ccc12. The minimum Gasteiger partial charge on any atom is -0.366 e. The minimum absolute atomic E-state index is 0.937. The van der Waals surface area contributed by atoms with Crippen LogP contribution in [-0.2, 0) is 0 Å². The fraction of sp³-hybridized carbons (Fsp3) is 0.174. The van der Waals surface area contributed by atoms with Gasteiger partial charge in [0.2, 0.25) is 0 Å². The minimum atomic E-state index is 0.937. The van der Waals surface area contributed by atoms with Crippen LogP contribution in [0.3, 0.4) is 0 Å². The summed E-state index contributed by atoms with van der Waals surface area (Å²) in [5.74, 6) is 0. The van der Waals surface area contributed by atoms with Gasteiger partial charge >= 0.3 is 0 Å². The van der Waals surface area contributed by atoms with Crippen LogP contribution in [0.5, 0.6) is 0 Å². The molecule has 1 aromatic carbocycles. The molecular formula is C23H21N3S. The zero-order valence-electron chi connectivity index (χ0n) is 15.3. The van der Waals surface area contributed by atoms with Crippen molar-refractivity contribution in [2.75, 3.05) is 18.0 Å². The summed E-state index contributed by atoms with van der Waals surface area (Å²) in [6.07, 6.45) is 7.42. The van der Waals surface area contributed by atoms with Gasteiger partial charge in [-0.3, -0.25) is 0 Å². The van der Waals surface area contributed by atoms with E-state index in [-0.39, 0.29) is 0 Å². The lowest BCUT2D eigenvalue weighted by Crippen LogP contribution is -2.28. The van der Waals surface area contributed by atoms with Crippen molar-refractivity contribution in [3.8, 4) is 10.4 Å². The van der Waals surface area contributed by atoms with E-state index < -0.39 is 0 Å². The summed E-state index contributed by atoms with van der Waals surface area (Å²) in [5, 5.41) is 1.22. The van der Waals surface area contributed by atoms with Crippen LogP contribution < -0.4 is 4.90 Å². The van der Waals surface area contributed by atoms with Crippen molar-refractivity contribution in [3.05, 3.63) is 77.4 Å². The molecule has 27 heavy (non-hydrogen) atoms. The van der Waals surface area contributed by atoms with Gasteiger partial charge in [0.15, 0.2) is 0 Å². The second kappa shape index (κ2) is 6.71. The molecule has 0 atom stereocenters. The first-order valence-electron chi connectivity index (χ1n) is 9.32. The first-order valence-corrected chi connectivity index (χ1v) is 10.1. The molecular weight excluding hydrogens is 350 g/mol. The van der Waals surface area contributed by atoms with Gasteiger partial charge in [-0.15, -0.1) is 11.3 Å². The third-order valence-corrected chi connectivity index (χ3v) is 6.57. The number of H-pyrrole nitrogens is 1. The molecule has 0 fully saturated rings. The summed E-state index contributed by atoms with van der Waals surface area (Å²) in [4.78, 5) is 12.9. The Labute approximate surface area is 163 Å². The number of aromatic amines is 1. The number of rotatable bonds is 3. The number of thiophene rings is 1. The van der Waals surface area contributed by atoms with Crippen molar-refractivity contribution >= 4 is 33.6 Å². The number of hydrogen-bond acceptors (Lipinski definition) is 3. The maximum Gasteiger partial charge on any atom is 0.137 e. The molecule has 0 saturated heterocycles. The van der Waals surface area contributed by atoms with Crippen molar-refractivity contribution in [3.63, 3.8) is 0 Å². The number of pyridine rings is 1. The normalized spacial score (nSPS) is 14.6. The van der Waals surface area contributed by atoms with Gasteiger partial charge < -0.3 is 9.88 Å². The Kier molecular flexibility index (Phi) is 4.06. The number of aryl methyl sites for hydroxylation is 1. The predicted octanol–water partition coefficient (Wildman–Crippen LogP) is 5.89. The van der Waals surface area contributed by atoms with E-state index in [0.717, 1.165) is 25.2 Å². The van der Waals surface area contributed by atoms with Crippen molar-refractivity contribution in [1.29, 1.82) is 0 Å². The smallest absolute Gasteiger partial charge is 0.137 e. The van der Waals surface area contributed by atoms with E-state index in [2.05, 4.69) is 76.4 Å². The van der Waals surface area contributed by atoms with Gasteiger partial charge in [0.25, 0.3) is 0 Å². The van der Waals surface area contributed by atoms with Crippen LogP contribution in [-0.4, -0.2) is 23.1 Å². The molecule has 0 spiro atoms. The van der Waals surface area contributed by atoms with Gasteiger partial charge in [0.1, 0.15) is 5.65 Å². The number of nitrogens with zero attached hydrogens (tertiary/aromatic N) is 2. The number of benzene rings is 1. The third-order valence-electron chi connectivity index (χ3n) is 5.36. The molecule has 0 unspecified atom stereocenters. The highest BCUT2D eigenvalue weighted by Crippen LogP contribution is 2.35. The van der Waals surface area contributed by atoms with Crippen LogP contribution in [0.15, 0.2) is 67.0 Å². The Balaban J connectivity index is 1.38. The molecule has 1 aliphatic rings. The molecule has 4 heterocycles. The lowest BCUT2D eigenvalue weighted by molar-refractivity contribution is 0.829. The van der Waals surface area contributed by atoms with E-state index in [0.29, 0.717) is 0 Å². The zero-order chi connectivity index (χ0) is 18.2. The van der Waals surface area contributed by atoms with Crippen molar-refractivity contribution in [2.45, 2.75) is 13.3 Å². The van der Waals surface area contributed by atoms with Gasteiger partial charge in [-0.05, 0) is 48.2 Å². The Hall–Kier alpha value is -2.85. The zero-order valence-corrected chi connectivity index (χ0v) is 16.1. The van der Waals surface area contributed by atoms with E-state index in [4.69, 9.17) is 0 Å². The molecule has 0 radical (unpaired) electrons. The maximum absolute atomic E-state index is 4.58. The molecule has 0 amide bonds. The molecule has 134 valence electrons. The van der Waals surface area contributed by atoms with Gasteiger partial charge in [0, 0.05) is 34.4 Å². The molecule has 0 bridgehead atoms. The predicted molar refractivity (Wildman–Crippen MR) is 115 cm³/mol. The highest BCUT2D eigenvalue weighted by atomic mass is 32.1. The molecule has 3 aromatic heterocycles. The van der Waals surface area contributed by atoms with Gasteiger partial charge in [0.05, 0.1) is 11.9 Å². The average molecular weight is 372 g/mol. The van der Waals surface area contributed by atoms with E-state index >= 15 is 0 Å². The molecule has 0 saturated carbocycles. The van der Waals surface area contributed by atoms with Crippen LogP contribution in [0.2, 0.25) is 0 Å². The van der Waals surface area contributed by atoms with Gasteiger partial charge in [-0.2, -0.15) is 0 Å². The Morgan fingerprint density at radius 1 is 1.04 bits per heavy atom. The standard InChI is InChI=1S/C23H21N3S/c1-16-19-9-12-24-23(19)25-15-20(16)26-13-10-18(11-14-26)22-8-7-21(27-22)17-5-3-2-4-6-17/h2-10,12,15H,11,13-14H2,1H3,(H,24,25). The Bertz CT molecular complexity index is 1120. The topological polar surface area (TPSA) is 31.9 Å². The lowest BCUT2D eigenvalue weighted by atomic mass is 10.0. The molecule has 1 aliphatic heterocycles. The molecule has 5 rings (SSSR count). The average Bonchev–Trinajstić information content (AvgIpc) is 3.39. The summed E-state index contributed by atoms with van der Waals surface area (Å²) >= 11 is 1.89. The summed E-state index contributed by atoms with van der Waals surface area (Å²) in [6.45, 7) is 4.16. The lowest BCUT2D eigenvalue weighted by Gasteiger charge is -2.29. The molecule has 0 aliphatic carbocycles. The first-order chi connectivity index (χ1) is 13.3. The summed E-state index contributed by atoms with van der Waals surface area (Å²) in [6, 6.07) is 17.3. The van der Waals surface area contributed by atoms with Crippen LogP contribution in [0, 0.1) is 6.92 Å². The van der Waals surface area contributed by atoms with Gasteiger partial charge in [-0.25, -0.2) is 4.98 Å². The summed E-state index contributed by atoms with van der Waals surface area (Å²) in [5.41, 5.74) is 6.28. The quantitative estimate of drug-likeness (QED) is 0.487. The van der Waals surface area contributed by atoms with Crippen LogP contribution in [0.25, 0.3) is 27.0 Å².